The molecule has 0 aromatic rings. The topological polar surface area (TPSA) is 60.2 Å². The van der Waals surface area contributed by atoms with Gasteiger partial charge >= 0.3 is 5.76 Å². The SMILES string of the molecule is CC(CN)S(=O)(=O)C(F)F. The zero-order chi connectivity index (χ0) is 8.36. The largest absolute Gasteiger partial charge is 0.337 e. The van der Waals surface area contributed by atoms with Gasteiger partial charge in [-0.3, -0.25) is 0 Å². The molecule has 0 bridgehead atoms. The number of alkyl halides is 2. The highest BCUT2D eigenvalue weighted by Crippen LogP contribution is 2.10. The zero-order valence-electron chi connectivity index (χ0n) is 5.42. The first-order valence-electron chi connectivity index (χ1n) is 2.64. The van der Waals surface area contributed by atoms with Crippen molar-refractivity contribution in [1.82, 2.24) is 0 Å². The summed E-state index contributed by atoms with van der Waals surface area (Å²) in [4.78, 5) is 0. The van der Waals surface area contributed by atoms with E-state index in [4.69, 9.17) is 5.73 Å². The van der Waals surface area contributed by atoms with Crippen LogP contribution in [0.2, 0.25) is 0 Å². The molecule has 0 saturated carbocycles. The number of hydrogen-bond acceptors (Lipinski definition) is 3. The Bertz CT molecular complexity index is 189. The first kappa shape index (κ1) is 9.77. The van der Waals surface area contributed by atoms with Crippen LogP contribution in [0.5, 0.6) is 0 Å². The fraction of sp³-hybridized carbons (Fsp3) is 1.00. The molecule has 6 heteroatoms. The van der Waals surface area contributed by atoms with Crippen molar-refractivity contribution in [2.45, 2.75) is 17.9 Å². The average molecular weight is 173 g/mol. The Balaban J connectivity index is 4.42. The quantitative estimate of drug-likeness (QED) is 0.652. The van der Waals surface area contributed by atoms with Crippen LogP contribution in [-0.4, -0.2) is 26.0 Å². The Morgan fingerprint density at radius 3 is 2.00 bits per heavy atom. The molecule has 1 atom stereocenters. The lowest BCUT2D eigenvalue weighted by Crippen LogP contribution is -2.30. The molecule has 2 N–H and O–H groups in total. The Hall–Kier alpha value is -0.230. The lowest BCUT2D eigenvalue weighted by Gasteiger charge is -2.07. The Labute approximate surface area is 58.1 Å². The second-order valence-electron chi connectivity index (χ2n) is 1.90. The lowest BCUT2D eigenvalue weighted by atomic mass is 10.5. The van der Waals surface area contributed by atoms with Crippen molar-refractivity contribution >= 4 is 9.84 Å². The van der Waals surface area contributed by atoms with Crippen LogP contribution in [0.25, 0.3) is 0 Å². The van der Waals surface area contributed by atoms with Crippen LogP contribution in [-0.2, 0) is 9.84 Å². The maximum Gasteiger partial charge on any atom is 0.337 e. The van der Waals surface area contributed by atoms with Gasteiger partial charge < -0.3 is 5.73 Å². The molecule has 62 valence electrons. The number of rotatable bonds is 3. The molecule has 0 aliphatic carbocycles. The first-order valence-corrected chi connectivity index (χ1v) is 4.24. The molecule has 10 heavy (non-hydrogen) atoms. The highest BCUT2D eigenvalue weighted by Gasteiger charge is 2.29. The van der Waals surface area contributed by atoms with Gasteiger partial charge in [0.25, 0.3) is 0 Å². The number of sulfone groups is 1. The molecule has 0 aromatic carbocycles. The van der Waals surface area contributed by atoms with Crippen LogP contribution in [0.1, 0.15) is 6.92 Å². The van der Waals surface area contributed by atoms with E-state index in [1.165, 1.54) is 0 Å². The molecule has 3 nitrogen and oxygen atoms in total. The molecule has 0 fully saturated rings. The highest BCUT2D eigenvalue weighted by atomic mass is 32.2. The summed E-state index contributed by atoms with van der Waals surface area (Å²) >= 11 is 0. The smallest absolute Gasteiger partial charge is 0.329 e. The highest BCUT2D eigenvalue weighted by molar-refractivity contribution is 7.92. The van der Waals surface area contributed by atoms with Crippen LogP contribution in [0.3, 0.4) is 0 Å². The number of hydrogen-bond donors (Lipinski definition) is 1. The fourth-order valence-electron chi connectivity index (χ4n) is 0.310. The minimum atomic E-state index is -4.29. The van der Waals surface area contributed by atoms with E-state index in [0.717, 1.165) is 6.92 Å². The molecule has 1 unspecified atom stereocenters. The Morgan fingerprint density at radius 1 is 1.50 bits per heavy atom. The molecular weight excluding hydrogens is 164 g/mol. The summed E-state index contributed by atoms with van der Waals surface area (Å²) in [5.74, 6) is -3.31. The van der Waals surface area contributed by atoms with Crippen LogP contribution >= 0.6 is 0 Å². The number of halogens is 2. The summed E-state index contributed by atoms with van der Waals surface area (Å²) in [5.41, 5.74) is 4.88. The van der Waals surface area contributed by atoms with Gasteiger partial charge in [-0.25, -0.2) is 8.42 Å². The summed E-state index contributed by atoms with van der Waals surface area (Å²) in [6, 6.07) is 0. The van der Waals surface area contributed by atoms with Crippen molar-refractivity contribution < 1.29 is 17.2 Å². The van der Waals surface area contributed by atoms with Gasteiger partial charge in [0.05, 0.1) is 5.25 Å². The molecule has 0 heterocycles. The van der Waals surface area contributed by atoms with E-state index in [9.17, 15) is 17.2 Å². The zero-order valence-corrected chi connectivity index (χ0v) is 6.24. The molecule has 0 aromatic heterocycles. The van der Waals surface area contributed by atoms with Gasteiger partial charge in [0.15, 0.2) is 0 Å². The van der Waals surface area contributed by atoms with Gasteiger partial charge in [0.1, 0.15) is 0 Å². The third-order valence-corrected chi connectivity index (χ3v) is 2.95. The second-order valence-corrected chi connectivity index (χ2v) is 4.24. The Kier molecular flexibility index (Phi) is 3.17. The molecule has 0 spiro atoms. The van der Waals surface area contributed by atoms with E-state index in [2.05, 4.69) is 0 Å². The predicted octanol–water partition coefficient (Wildman–Crippen LogP) is -0.0290. The van der Waals surface area contributed by atoms with E-state index in [1.54, 1.807) is 0 Å². The molecule has 0 radical (unpaired) electrons. The van der Waals surface area contributed by atoms with Crippen molar-refractivity contribution in [3.8, 4) is 0 Å². The van der Waals surface area contributed by atoms with Crippen LogP contribution in [0.15, 0.2) is 0 Å². The molecule has 0 saturated heterocycles. The van der Waals surface area contributed by atoms with Crippen LogP contribution < -0.4 is 5.73 Å². The van der Waals surface area contributed by atoms with E-state index in [-0.39, 0.29) is 6.54 Å². The minimum absolute atomic E-state index is 0.271. The summed E-state index contributed by atoms with van der Waals surface area (Å²) in [6.45, 7) is 0.883. The van der Waals surface area contributed by atoms with Crippen molar-refractivity contribution in [2.24, 2.45) is 5.73 Å². The van der Waals surface area contributed by atoms with E-state index in [0.29, 0.717) is 0 Å². The monoisotopic (exact) mass is 173 g/mol. The maximum atomic E-state index is 11.6. The van der Waals surface area contributed by atoms with Crippen molar-refractivity contribution in [2.75, 3.05) is 6.54 Å². The summed E-state index contributed by atoms with van der Waals surface area (Å²) in [5, 5.41) is -1.16. The predicted molar refractivity (Wildman–Crippen MR) is 33.4 cm³/mol. The lowest BCUT2D eigenvalue weighted by molar-refractivity contribution is 0.233. The summed E-state index contributed by atoms with van der Waals surface area (Å²) < 4.78 is 44.1. The van der Waals surface area contributed by atoms with Gasteiger partial charge in [0, 0.05) is 6.54 Å². The van der Waals surface area contributed by atoms with Crippen molar-refractivity contribution in [3.05, 3.63) is 0 Å². The standard InChI is InChI=1S/C4H9F2NO2S/c1-3(2-7)10(8,9)4(5)6/h3-4H,2,7H2,1H3. The normalized spacial score (nSPS) is 15.7. The van der Waals surface area contributed by atoms with Gasteiger partial charge in [-0.1, -0.05) is 0 Å². The Morgan fingerprint density at radius 2 is 1.90 bits per heavy atom. The molecule has 0 aliphatic heterocycles. The molecular formula is C4H9F2NO2S. The second kappa shape index (κ2) is 3.25. The van der Waals surface area contributed by atoms with E-state index < -0.39 is 20.8 Å². The average Bonchev–Trinajstić information content (AvgIpc) is 1.86. The van der Waals surface area contributed by atoms with E-state index in [1.807, 2.05) is 0 Å². The third-order valence-electron chi connectivity index (χ3n) is 1.14. The van der Waals surface area contributed by atoms with Gasteiger partial charge in [-0.15, -0.1) is 0 Å². The van der Waals surface area contributed by atoms with Gasteiger partial charge in [0.2, 0.25) is 9.84 Å². The van der Waals surface area contributed by atoms with Crippen molar-refractivity contribution in [1.29, 1.82) is 0 Å². The van der Waals surface area contributed by atoms with Gasteiger partial charge in [-0.2, -0.15) is 8.78 Å². The molecule has 0 aliphatic rings. The molecule has 0 amide bonds. The van der Waals surface area contributed by atoms with Crippen molar-refractivity contribution in [3.63, 3.8) is 0 Å². The fourth-order valence-corrected chi connectivity index (χ4v) is 0.929. The maximum absolute atomic E-state index is 11.6. The third kappa shape index (κ3) is 1.88. The van der Waals surface area contributed by atoms with E-state index >= 15 is 0 Å². The van der Waals surface area contributed by atoms with Crippen LogP contribution in [0.4, 0.5) is 8.78 Å². The first-order chi connectivity index (χ1) is 4.42. The minimum Gasteiger partial charge on any atom is -0.329 e. The summed E-state index contributed by atoms with van der Waals surface area (Å²) in [7, 11) is -4.29. The molecule has 0 rings (SSSR count). The summed E-state index contributed by atoms with van der Waals surface area (Å²) in [6.07, 6.45) is 0. The van der Waals surface area contributed by atoms with Gasteiger partial charge in [-0.05, 0) is 6.92 Å². The van der Waals surface area contributed by atoms with Crippen LogP contribution in [0, 0.1) is 0 Å². The number of nitrogens with two attached hydrogens (primary N) is 1.